The molecular weight excluding hydrogens is 419 g/mol. The Morgan fingerprint density at radius 2 is 1.94 bits per heavy atom. The highest BCUT2D eigenvalue weighted by atomic mass is 19.1. The molecule has 2 aromatic carbocycles. The Morgan fingerprint density at radius 3 is 2.64 bits per heavy atom. The number of nitrogens with zero attached hydrogens (tertiary/aromatic N) is 4. The van der Waals surface area contributed by atoms with E-state index in [0.717, 1.165) is 56.0 Å². The zero-order chi connectivity index (χ0) is 22.9. The molecule has 1 fully saturated rings. The van der Waals surface area contributed by atoms with Gasteiger partial charge >= 0.3 is 0 Å². The van der Waals surface area contributed by atoms with Gasteiger partial charge in [-0.1, -0.05) is 19.1 Å². The van der Waals surface area contributed by atoms with E-state index in [2.05, 4.69) is 11.8 Å². The standard InChI is InChI=1S/C26H29FN4O2/c1-3-29-15-14-23-21(16-29)22(28-31(23)24-6-4-5-7-25(24)33-2)17-30(20-12-13-20)26(32)18-8-10-19(27)11-9-18/h4-11,20H,3,12-17H2,1-2H3. The number of fused-ring (bicyclic) bond motifs is 1. The lowest BCUT2D eigenvalue weighted by molar-refractivity contribution is 0.0726. The van der Waals surface area contributed by atoms with Crippen molar-refractivity contribution in [3.05, 3.63) is 76.9 Å². The van der Waals surface area contributed by atoms with Crippen LogP contribution in [-0.4, -0.2) is 51.7 Å². The summed E-state index contributed by atoms with van der Waals surface area (Å²) in [7, 11) is 1.67. The highest BCUT2D eigenvalue weighted by molar-refractivity contribution is 5.94. The summed E-state index contributed by atoms with van der Waals surface area (Å²) < 4.78 is 21.0. The van der Waals surface area contributed by atoms with Crippen molar-refractivity contribution in [2.75, 3.05) is 20.2 Å². The van der Waals surface area contributed by atoms with Crippen LogP contribution in [0.3, 0.4) is 0 Å². The van der Waals surface area contributed by atoms with Crippen LogP contribution in [0.25, 0.3) is 5.69 Å². The number of likely N-dealkylation sites (N-methyl/N-ethyl adjacent to an activating group) is 1. The van der Waals surface area contributed by atoms with Crippen LogP contribution in [0.1, 0.15) is 47.1 Å². The van der Waals surface area contributed by atoms with Crippen molar-refractivity contribution in [1.29, 1.82) is 0 Å². The average Bonchev–Trinajstić information content (AvgIpc) is 3.64. The maximum absolute atomic E-state index is 13.4. The largest absolute Gasteiger partial charge is 0.494 e. The third-order valence-corrected chi connectivity index (χ3v) is 6.64. The molecule has 2 aliphatic rings. The monoisotopic (exact) mass is 448 g/mol. The van der Waals surface area contributed by atoms with Gasteiger partial charge in [0.2, 0.25) is 0 Å². The van der Waals surface area contributed by atoms with Gasteiger partial charge in [-0.15, -0.1) is 0 Å². The van der Waals surface area contributed by atoms with E-state index in [1.165, 1.54) is 23.4 Å². The summed E-state index contributed by atoms with van der Waals surface area (Å²) in [5.74, 6) is 0.365. The van der Waals surface area contributed by atoms with Crippen LogP contribution in [0.4, 0.5) is 4.39 Å². The summed E-state index contributed by atoms with van der Waals surface area (Å²) in [4.78, 5) is 17.7. The molecule has 0 atom stereocenters. The number of ether oxygens (including phenoxy) is 1. The number of rotatable bonds is 7. The summed E-state index contributed by atoms with van der Waals surface area (Å²) in [6.45, 7) is 5.39. The number of halogens is 1. The Hall–Kier alpha value is -3.19. The summed E-state index contributed by atoms with van der Waals surface area (Å²) >= 11 is 0. The zero-order valence-electron chi connectivity index (χ0n) is 19.1. The Labute approximate surface area is 193 Å². The molecule has 1 saturated carbocycles. The van der Waals surface area contributed by atoms with Gasteiger partial charge in [-0.2, -0.15) is 5.10 Å². The maximum atomic E-state index is 13.4. The van der Waals surface area contributed by atoms with Crippen molar-refractivity contribution in [3.8, 4) is 11.4 Å². The quantitative estimate of drug-likeness (QED) is 0.544. The fourth-order valence-electron chi connectivity index (χ4n) is 4.62. The maximum Gasteiger partial charge on any atom is 0.254 e. The van der Waals surface area contributed by atoms with Crippen molar-refractivity contribution in [1.82, 2.24) is 19.6 Å². The van der Waals surface area contributed by atoms with Gasteiger partial charge in [-0.05, 0) is 55.8 Å². The van der Waals surface area contributed by atoms with Crippen LogP contribution < -0.4 is 4.74 Å². The summed E-state index contributed by atoms with van der Waals surface area (Å²) in [5.41, 5.74) is 4.74. The SMILES string of the molecule is CCN1CCc2c(c(CN(C(=O)c3ccc(F)cc3)C3CC3)nn2-c2ccccc2OC)C1. The second-order valence-electron chi connectivity index (χ2n) is 8.75. The Bertz CT molecular complexity index is 1150. The van der Waals surface area contributed by atoms with E-state index in [1.807, 2.05) is 33.8 Å². The first-order valence-electron chi connectivity index (χ1n) is 11.6. The van der Waals surface area contributed by atoms with Crippen molar-refractivity contribution in [3.63, 3.8) is 0 Å². The van der Waals surface area contributed by atoms with Crippen LogP contribution in [0.15, 0.2) is 48.5 Å². The number of amides is 1. The lowest BCUT2D eigenvalue weighted by Crippen LogP contribution is -2.34. The number of carbonyl (C=O) groups excluding carboxylic acids is 1. The Kier molecular flexibility index (Phi) is 5.89. The van der Waals surface area contributed by atoms with Crippen molar-refractivity contribution >= 4 is 5.91 Å². The normalized spacial score (nSPS) is 15.8. The number of hydrogen-bond donors (Lipinski definition) is 0. The van der Waals surface area contributed by atoms with Crippen LogP contribution >= 0.6 is 0 Å². The van der Waals surface area contributed by atoms with E-state index in [-0.39, 0.29) is 17.8 Å². The number of benzene rings is 2. The van der Waals surface area contributed by atoms with Crippen molar-refractivity contribution in [2.24, 2.45) is 0 Å². The molecule has 0 unspecified atom stereocenters. The number of methoxy groups -OCH3 is 1. The van der Waals surface area contributed by atoms with Gasteiger partial charge in [-0.3, -0.25) is 9.69 Å². The molecule has 1 aromatic heterocycles. The van der Waals surface area contributed by atoms with Gasteiger partial charge in [-0.25, -0.2) is 9.07 Å². The molecule has 33 heavy (non-hydrogen) atoms. The lowest BCUT2D eigenvalue weighted by Gasteiger charge is -2.27. The highest BCUT2D eigenvalue weighted by Gasteiger charge is 2.35. The fraction of sp³-hybridized carbons (Fsp3) is 0.385. The minimum atomic E-state index is -0.339. The molecule has 0 radical (unpaired) electrons. The predicted molar refractivity (Wildman–Crippen MR) is 124 cm³/mol. The van der Waals surface area contributed by atoms with Gasteiger partial charge < -0.3 is 9.64 Å². The number of carbonyl (C=O) groups is 1. The van der Waals surface area contributed by atoms with Gasteiger partial charge in [0.15, 0.2) is 0 Å². The predicted octanol–water partition coefficient (Wildman–Crippen LogP) is 4.20. The topological polar surface area (TPSA) is 50.6 Å². The first-order chi connectivity index (χ1) is 16.1. The first-order valence-corrected chi connectivity index (χ1v) is 11.6. The minimum absolute atomic E-state index is 0.0683. The minimum Gasteiger partial charge on any atom is -0.494 e. The lowest BCUT2D eigenvalue weighted by atomic mass is 10.0. The summed E-state index contributed by atoms with van der Waals surface area (Å²) in [6, 6.07) is 13.9. The van der Waals surface area contributed by atoms with Gasteiger partial charge in [0.25, 0.3) is 5.91 Å². The van der Waals surface area contributed by atoms with Crippen LogP contribution in [0, 0.1) is 5.82 Å². The molecule has 7 heteroatoms. The number of aromatic nitrogens is 2. The van der Waals surface area contributed by atoms with E-state index < -0.39 is 0 Å². The average molecular weight is 449 g/mol. The molecule has 1 amide bonds. The smallest absolute Gasteiger partial charge is 0.254 e. The molecule has 0 bridgehead atoms. The molecule has 1 aliphatic heterocycles. The van der Waals surface area contributed by atoms with E-state index in [1.54, 1.807) is 19.2 Å². The first kappa shape index (κ1) is 21.6. The molecule has 0 spiro atoms. The zero-order valence-corrected chi connectivity index (χ0v) is 19.1. The fourth-order valence-corrected chi connectivity index (χ4v) is 4.62. The number of hydrogen-bond acceptors (Lipinski definition) is 4. The van der Waals surface area contributed by atoms with Crippen molar-refractivity contribution < 1.29 is 13.9 Å². The number of para-hydroxylation sites is 2. The molecule has 0 N–H and O–H groups in total. The second-order valence-corrected chi connectivity index (χ2v) is 8.75. The van der Waals surface area contributed by atoms with E-state index in [9.17, 15) is 9.18 Å². The van der Waals surface area contributed by atoms with Crippen molar-refractivity contribution in [2.45, 2.75) is 45.3 Å². The second kappa shape index (κ2) is 8.98. The molecule has 6 nitrogen and oxygen atoms in total. The molecule has 2 heterocycles. The van der Waals surface area contributed by atoms with E-state index in [0.29, 0.717) is 12.1 Å². The molecule has 3 aromatic rings. The third kappa shape index (κ3) is 4.25. The molecule has 0 saturated heterocycles. The van der Waals surface area contributed by atoms with E-state index >= 15 is 0 Å². The third-order valence-electron chi connectivity index (χ3n) is 6.64. The van der Waals surface area contributed by atoms with Crippen LogP contribution in [0.5, 0.6) is 5.75 Å². The molecular formula is C26H29FN4O2. The summed E-state index contributed by atoms with van der Waals surface area (Å²) in [6.07, 6.45) is 2.87. The van der Waals surface area contributed by atoms with Crippen LogP contribution in [0.2, 0.25) is 0 Å². The van der Waals surface area contributed by atoms with Gasteiger partial charge in [0, 0.05) is 36.7 Å². The van der Waals surface area contributed by atoms with Crippen LogP contribution in [-0.2, 0) is 19.5 Å². The van der Waals surface area contributed by atoms with Gasteiger partial charge in [0.05, 0.1) is 25.0 Å². The Balaban J connectivity index is 1.53. The highest BCUT2D eigenvalue weighted by Crippen LogP contribution is 2.33. The van der Waals surface area contributed by atoms with Gasteiger partial charge in [0.1, 0.15) is 17.3 Å². The van der Waals surface area contributed by atoms with E-state index in [4.69, 9.17) is 9.84 Å². The Morgan fingerprint density at radius 1 is 1.18 bits per heavy atom. The summed E-state index contributed by atoms with van der Waals surface area (Å²) in [5, 5.41) is 5.04. The molecule has 172 valence electrons. The molecule has 1 aliphatic carbocycles. The molecule has 5 rings (SSSR count).